The number of nitrogens with zero attached hydrogens (tertiary/aromatic N) is 1. The molecule has 0 radical (unpaired) electrons. The highest BCUT2D eigenvalue weighted by Crippen LogP contribution is 2.20. The zero-order valence-electron chi connectivity index (χ0n) is 13.7. The first-order valence-corrected chi connectivity index (χ1v) is 7.61. The molecule has 118 valence electrons. The van der Waals surface area contributed by atoms with E-state index in [0.717, 1.165) is 11.4 Å². The van der Waals surface area contributed by atoms with E-state index in [1.54, 1.807) is 6.26 Å². The van der Waals surface area contributed by atoms with Crippen LogP contribution in [0.15, 0.2) is 47.1 Å². The van der Waals surface area contributed by atoms with Gasteiger partial charge >= 0.3 is 0 Å². The first-order valence-electron chi connectivity index (χ1n) is 7.61. The third-order valence-corrected chi connectivity index (χ3v) is 3.71. The van der Waals surface area contributed by atoms with E-state index < -0.39 is 0 Å². The van der Waals surface area contributed by atoms with Crippen LogP contribution in [0.5, 0.6) is 0 Å². The molecule has 0 fully saturated rings. The number of rotatable bonds is 6. The number of benzene rings is 1. The van der Waals surface area contributed by atoms with Crippen LogP contribution in [0.25, 0.3) is 0 Å². The van der Waals surface area contributed by atoms with Gasteiger partial charge in [0.1, 0.15) is 5.76 Å². The summed E-state index contributed by atoms with van der Waals surface area (Å²) in [6.07, 6.45) is 1.61. The largest absolute Gasteiger partial charge is 0.467 e. The predicted octanol–water partition coefficient (Wildman–Crippen LogP) is 3.72. The van der Waals surface area contributed by atoms with Crippen molar-refractivity contribution < 1.29 is 9.21 Å². The Morgan fingerprint density at radius 2 is 2.00 bits per heavy atom. The lowest BCUT2D eigenvalue weighted by Crippen LogP contribution is -2.36. The van der Waals surface area contributed by atoms with Gasteiger partial charge in [-0.3, -0.25) is 4.79 Å². The summed E-state index contributed by atoms with van der Waals surface area (Å²) in [5.74, 6) is 1.21. The number of hydrogen-bond donors (Lipinski definition) is 1. The van der Waals surface area contributed by atoms with Crippen LogP contribution in [0.3, 0.4) is 0 Å². The van der Waals surface area contributed by atoms with E-state index >= 15 is 0 Å². The summed E-state index contributed by atoms with van der Waals surface area (Å²) in [5, 5.41) is 2.95. The summed E-state index contributed by atoms with van der Waals surface area (Å²) in [5.41, 5.74) is 2.32. The van der Waals surface area contributed by atoms with Crippen LogP contribution in [0.4, 0.5) is 5.69 Å². The summed E-state index contributed by atoms with van der Waals surface area (Å²) >= 11 is 0. The summed E-state index contributed by atoms with van der Waals surface area (Å²) in [4.78, 5) is 14.1. The Hall–Kier alpha value is -2.23. The summed E-state index contributed by atoms with van der Waals surface area (Å²) < 4.78 is 5.30. The summed E-state index contributed by atoms with van der Waals surface area (Å²) in [6, 6.07) is 11.9. The lowest BCUT2D eigenvalue weighted by atomic mass is 10.0. The average Bonchev–Trinajstić information content (AvgIpc) is 3.01. The molecule has 0 aliphatic heterocycles. The van der Waals surface area contributed by atoms with Gasteiger partial charge in [0.25, 0.3) is 0 Å². The molecule has 1 amide bonds. The minimum Gasteiger partial charge on any atom is -0.467 e. The van der Waals surface area contributed by atoms with E-state index in [0.29, 0.717) is 12.5 Å². The van der Waals surface area contributed by atoms with Gasteiger partial charge in [-0.15, -0.1) is 0 Å². The summed E-state index contributed by atoms with van der Waals surface area (Å²) in [6.45, 7) is 6.55. The number of nitrogens with one attached hydrogen (secondary N) is 1. The van der Waals surface area contributed by atoms with Gasteiger partial charge in [-0.2, -0.15) is 0 Å². The minimum atomic E-state index is -0.127. The predicted molar refractivity (Wildman–Crippen MR) is 89.1 cm³/mol. The van der Waals surface area contributed by atoms with Crippen LogP contribution in [0.1, 0.15) is 44.1 Å². The van der Waals surface area contributed by atoms with E-state index in [1.807, 2.05) is 43.1 Å². The number of anilines is 1. The van der Waals surface area contributed by atoms with Crippen molar-refractivity contribution in [3.8, 4) is 0 Å². The average molecular weight is 300 g/mol. The van der Waals surface area contributed by atoms with Gasteiger partial charge in [0, 0.05) is 12.7 Å². The number of carbonyl (C=O) groups excluding carboxylic acids is 1. The van der Waals surface area contributed by atoms with Crippen molar-refractivity contribution in [2.45, 2.75) is 32.7 Å². The quantitative estimate of drug-likeness (QED) is 0.884. The first-order chi connectivity index (χ1) is 10.5. The third kappa shape index (κ3) is 4.13. The molecule has 4 nitrogen and oxygen atoms in total. The smallest absolute Gasteiger partial charge is 0.240 e. The second-order valence-electron chi connectivity index (χ2n) is 5.91. The maximum absolute atomic E-state index is 12.2. The number of hydrogen-bond acceptors (Lipinski definition) is 3. The van der Waals surface area contributed by atoms with Crippen molar-refractivity contribution in [2.24, 2.45) is 0 Å². The fourth-order valence-corrected chi connectivity index (χ4v) is 2.32. The van der Waals surface area contributed by atoms with Crippen LogP contribution < -0.4 is 10.2 Å². The molecular formula is C18H24N2O2. The number of amides is 1. The molecule has 1 aromatic carbocycles. The zero-order chi connectivity index (χ0) is 16.1. The van der Waals surface area contributed by atoms with Crippen molar-refractivity contribution in [2.75, 3.05) is 18.5 Å². The molecule has 0 saturated heterocycles. The van der Waals surface area contributed by atoms with Gasteiger partial charge in [-0.25, -0.2) is 0 Å². The minimum absolute atomic E-state index is 0.0265. The topological polar surface area (TPSA) is 45.5 Å². The number of likely N-dealkylation sites (N-methyl/N-ethyl adjacent to an activating group) is 1. The molecule has 0 bridgehead atoms. The van der Waals surface area contributed by atoms with E-state index in [1.165, 1.54) is 5.56 Å². The van der Waals surface area contributed by atoms with Crippen LogP contribution in [0, 0.1) is 0 Å². The Kier molecular flexibility index (Phi) is 5.26. The van der Waals surface area contributed by atoms with Crippen LogP contribution in [-0.4, -0.2) is 19.5 Å². The molecule has 1 heterocycles. The molecule has 0 saturated carbocycles. The molecule has 0 aliphatic carbocycles. The second-order valence-corrected chi connectivity index (χ2v) is 5.91. The van der Waals surface area contributed by atoms with Crippen molar-refractivity contribution in [3.63, 3.8) is 0 Å². The third-order valence-electron chi connectivity index (χ3n) is 3.71. The van der Waals surface area contributed by atoms with Gasteiger partial charge in [-0.1, -0.05) is 26.0 Å². The maximum Gasteiger partial charge on any atom is 0.240 e. The summed E-state index contributed by atoms with van der Waals surface area (Å²) in [7, 11) is 1.93. The Morgan fingerprint density at radius 3 is 2.64 bits per heavy atom. The van der Waals surface area contributed by atoms with E-state index in [9.17, 15) is 4.79 Å². The standard InChI is InChI=1S/C18H24N2O2/c1-13(2)15-7-5-8-16(11-15)20(4)12-18(21)19-14(3)17-9-6-10-22-17/h5-11,13-14H,12H2,1-4H3,(H,19,21). The molecule has 2 aromatic rings. The van der Waals surface area contributed by atoms with Gasteiger partial charge in [-0.05, 0) is 42.7 Å². The molecule has 1 N–H and O–H groups in total. The van der Waals surface area contributed by atoms with Gasteiger partial charge in [0.15, 0.2) is 0 Å². The molecule has 22 heavy (non-hydrogen) atoms. The Labute approximate surface area is 132 Å². The maximum atomic E-state index is 12.2. The normalized spacial score (nSPS) is 12.2. The lowest BCUT2D eigenvalue weighted by molar-refractivity contribution is -0.120. The fraction of sp³-hybridized carbons (Fsp3) is 0.389. The second kappa shape index (κ2) is 7.16. The number of carbonyl (C=O) groups is 1. The fourth-order valence-electron chi connectivity index (χ4n) is 2.32. The van der Waals surface area contributed by atoms with Crippen molar-refractivity contribution in [1.29, 1.82) is 0 Å². The highest BCUT2D eigenvalue weighted by atomic mass is 16.3. The van der Waals surface area contributed by atoms with Crippen LogP contribution in [-0.2, 0) is 4.79 Å². The molecule has 4 heteroatoms. The highest BCUT2D eigenvalue weighted by Gasteiger charge is 2.14. The Balaban J connectivity index is 1.95. The van der Waals surface area contributed by atoms with E-state index in [-0.39, 0.29) is 11.9 Å². The zero-order valence-corrected chi connectivity index (χ0v) is 13.7. The van der Waals surface area contributed by atoms with Crippen LogP contribution >= 0.6 is 0 Å². The molecule has 0 spiro atoms. The Morgan fingerprint density at radius 1 is 1.23 bits per heavy atom. The Bertz CT molecular complexity index is 605. The van der Waals surface area contributed by atoms with Gasteiger partial charge in [0.05, 0.1) is 18.8 Å². The number of furan rings is 1. The highest BCUT2D eigenvalue weighted by molar-refractivity contribution is 5.81. The van der Waals surface area contributed by atoms with Crippen molar-refractivity contribution >= 4 is 11.6 Å². The molecule has 1 unspecified atom stereocenters. The molecule has 0 aliphatic rings. The van der Waals surface area contributed by atoms with E-state index in [2.05, 4.69) is 31.3 Å². The van der Waals surface area contributed by atoms with Crippen molar-refractivity contribution in [1.82, 2.24) is 5.32 Å². The molecule has 1 atom stereocenters. The lowest BCUT2D eigenvalue weighted by Gasteiger charge is -2.21. The van der Waals surface area contributed by atoms with Gasteiger partial charge in [0.2, 0.25) is 5.91 Å². The SMILES string of the molecule is CC(C)c1cccc(N(C)CC(=O)NC(C)c2ccco2)c1. The molecule has 2 rings (SSSR count). The molecular weight excluding hydrogens is 276 g/mol. The van der Waals surface area contributed by atoms with E-state index in [4.69, 9.17) is 4.42 Å². The van der Waals surface area contributed by atoms with Gasteiger partial charge < -0.3 is 14.6 Å². The first kappa shape index (κ1) is 16.1. The van der Waals surface area contributed by atoms with Crippen molar-refractivity contribution in [3.05, 3.63) is 54.0 Å². The van der Waals surface area contributed by atoms with Crippen LogP contribution in [0.2, 0.25) is 0 Å². The molecule has 1 aromatic heterocycles. The monoisotopic (exact) mass is 300 g/mol.